The molecule has 2 N–H and O–H groups in total. The molecule has 5 heteroatoms. The van der Waals surface area contributed by atoms with Crippen LogP contribution in [0.15, 0.2) is 27.2 Å². The van der Waals surface area contributed by atoms with Gasteiger partial charge in [-0.15, -0.1) is 0 Å². The van der Waals surface area contributed by atoms with Crippen LogP contribution in [0.2, 0.25) is 5.02 Å². The molecule has 0 amide bonds. The molecule has 2 rings (SSSR count). The molecular weight excluding hydrogens is 279 g/mol. The van der Waals surface area contributed by atoms with Gasteiger partial charge in [0.2, 0.25) is 5.88 Å². The molecule has 0 atom stereocenters. The predicted molar refractivity (Wildman–Crippen MR) is 63.8 cm³/mol. The van der Waals surface area contributed by atoms with Crippen molar-refractivity contribution in [2.45, 2.75) is 6.92 Å². The van der Waals surface area contributed by atoms with Crippen LogP contribution in [0.3, 0.4) is 0 Å². The number of rotatable bonds is 1. The van der Waals surface area contributed by atoms with Crippen LogP contribution in [0.4, 0.5) is 5.88 Å². The first-order valence-electron chi connectivity index (χ1n) is 4.26. The van der Waals surface area contributed by atoms with E-state index >= 15 is 0 Å². The Labute approximate surface area is 100 Å². The largest absolute Gasteiger partial charge is 0.367 e. The van der Waals surface area contributed by atoms with Gasteiger partial charge in [-0.25, -0.2) is 0 Å². The van der Waals surface area contributed by atoms with Crippen LogP contribution in [-0.2, 0) is 0 Å². The summed E-state index contributed by atoms with van der Waals surface area (Å²) in [4.78, 5) is 0. The highest BCUT2D eigenvalue weighted by molar-refractivity contribution is 9.10. The molecule has 0 unspecified atom stereocenters. The van der Waals surface area contributed by atoms with Crippen LogP contribution in [-0.4, -0.2) is 5.16 Å². The molecule has 78 valence electrons. The lowest BCUT2D eigenvalue weighted by Crippen LogP contribution is -1.86. The van der Waals surface area contributed by atoms with E-state index in [1.807, 2.05) is 19.1 Å². The molecule has 0 saturated carbocycles. The number of benzene rings is 1. The van der Waals surface area contributed by atoms with Gasteiger partial charge >= 0.3 is 0 Å². The molecule has 1 heterocycles. The second-order valence-electron chi connectivity index (χ2n) is 3.14. The van der Waals surface area contributed by atoms with Crippen LogP contribution in [0, 0.1) is 6.92 Å². The predicted octanol–water partition coefficient (Wildman–Crippen LogP) is 3.65. The fourth-order valence-electron chi connectivity index (χ4n) is 1.28. The minimum atomic E-state index is 0.330. The number of hydrogen-bond donors (Lipinski definition) is 1. The maximum Gasteiger partial charge on any atom is 0.225 e. The van der Waals surface area contributed by atoms with E-state index in [1.54, 1.807) is 6.07 Å². The summed E-state index contributed by atoms with van der Waals surface area (Å²) in [6.07, 6.45) is 0. The first-order chi connectivity index (χ1) is 7.09. The summed E-state index contributed by atoms with van der Waals surface area (Å²) in [5.41, 5.74) is 7.99. The lowest BCUT2D eigenvalue weighted by atomic mass is 10.1. The third-order valence-corrected chi connectivity index (χ3v) is 3.07. The first-order valence-corrected chi connectivity index (χ1v) is 5.44. The van der Waals surface area contributed by atoms with Gasteiger partial charge < -0.3 is 10.3 Å². The normalized spacial score (nSPS) is 10.6. The minimum Gasteiger partial charge on any atom is -0.367 e. The highest BCUT2D eigenvalue weighted by Gasteiger charge is 2.14. The Morgan fingerprint density at radius 1 is 1.47 bits per heavy atom. The van der Waals surface area contributed by atoms with E-state index in [2.05, 4.69) is 21.1 Å². The molecule has 0 spiro atoms. The highest BCUT2D eigenvalue weighted by Crippen LogP contribution is 2.33. The van der Waals surface area contributed by atoms with Gasteiger partial charge in [0.25, 0.3) is 0 Å². The minimum absolute atomic E-state index is 0.330. The second-order valence-corrected chi connectivity index (χ2v) is 4.44. The third kappa shape index (κ3) is 1.87. The molecule has 1 aromatic carbocycles. The van der Waals surface area contributed by atoms with E-state index in [0.29, 0.717) is 16.6 Å². The van der Waals surface area contributed by atoms with Crippen molar-refractivity contribution in [3.63, 3.8) is 0 Å². The van der Waals surface area contributed by atoms with Gasteiger partial charge in [0.15, 0.2) is 0 Å². The van der Waals surface area contributed by atoms with Crippen LogP contribution in [0.1, 0.15) is 5.56 Å². The van der Waals surface area contributed by atoms with Crippen LogP contribution in [0.5, 0.6) is 0 Å². The monoisotopic (exact) mass is 286 g/mol. The van der Waals surface area contributed by atoms with E-state index in [1.165, 1.54) is 0 Å². The summed E-state index contributed by atoms with van der Waals surface area (Å²) >= 11 is 9.34. The van der Waals surface area contributed by atoms with E-state index in [0.717, 1.165) is 15.6 Å². The van der Waals surface area contributed by atoms with Gasteiger partial charge in [-0.2, -0.15) is 0 Å². The Hall–Kier alpha value is -1.00. The molecule has 0 aliphatic heterocycles. The Bertz CT molecular complexity index is 510. The number of aromatic nitrogens is 1. The fraction of sp³-hybridized carbons (Fsp3) is 0.100. The Morgan fingerprint density at radius 3 is 2.80 bits per heavy atom. The molecule has 0 saturated heterocycles. The van der Waals surface area contributed by atoms with Crippen molar-refractivity contribution >= 4 is 33.4 Å². The van der Waals surface area contributed by atoms with Crippen LogP contribution >= 0.6 is 27.5 Å². The van der Waals surface area contributed by atoms with Gasteiger partial charge in [0, 0.05) is 20.6 Å². The maximum absolute atomic E-state index is 5.92. The lowest BCUT2D eigenvalue weighted by molar-refractivity contribution is 0.439. The molecule has 2 aromatic rings. The van der Waals surface area contributed by atoms with Gasteiger partial charge in [0.1, 0.15) is 5.69 Å². The zero-order valence-corrected chi connectivity index (χ0v) is 10.3. The van der Waals surface area contributed by atoms with Crippen molar-refractivity contribution in [1.29, 1.82) is 0 Å². The maximum atomic E-state index is 5.92. The zero-order valence-electron chi connectivity index (χ0n) is 7.92. The van der Waals surface area contributed by atoms with Gasteiger partial charge in [0.05, 0.1) is 0 Å². The van der Waals surface area contributed by atoms with Crippen molar-refractivity contribution < 1.29 is 4.52 Å². The summed E-state index contributed by atoms with van der Waals surface area (Å²) in [5.74, 6) is 0.330. The zero-order chi connectivity index (χ0) is 11.0. The highest BCUT2D eigenvalue weighted by atomic mass is 79.9. The van der Waals surface area contributed by atoms with Crippen molar-refractivity contribution in [3.8, 4) is 11.3 Å². The van der Waals surface area contributed by atoms with Crippen molar-refractivity contribution in [2.75, 3.05) is 5.73 Å². The third-order valence-electron chi connectivity index (χ3n) is 2.14. The number of hydrogen-bond acceptors (Lipinski definition) is 3. The van der Waals surface area contributed by atoms with Crippen molar-refractivity contribution in [2.24, 2.45) is 0 Å². The molecule has 15 heavy (non-hydrogen) atoms. The Morgan fingerprint density at radius 2 is 2.20 bits per heavy atom. The Balaban J connectivity index is 2.63. The fourth-order valence-corrected chi connectivity index (χ4v) is 1.89. The lowest BCUT2D eigenvalue weighted by Gasteiger charge is -2.01. The molecule has 3 nitrogen and oxygen atoms in total. The molecule has 0 bridgehead atoms. The van der Waals surface area contributed by atoms with E-state index in [9.17, 15) is 0 Å². The standard InChI is InChI=1S/C10H8BrClN2O/c1-5-9(14-15-10(5)13)7-4-6(12)2-3-8(7)11/h2-4H,13H2,1H3. The summed E-state index contributed by atoms with van der Waals surface area (Å²) in [5, 5.41) is 4.55. The summed E-state index contributed by atoms with van der Waals surface area (Å²) in [6.45, 7) is 1.86. The quantitative estimate of drug-likeness (QED) is 0.871. The summed E-state index contributed by atoms with van der Waals surface area (Å²) < 4.78 is 5.81. The SMILES string of the molecule is Cc1c(-c2cc(Cl)ccc2Br)noc1N. The average molecular weight is 288 g/mol. The Kier molecular flexibility index (Phi) is 2.71. The first kappa shape index (κ1) is 10.5. The smallest absolute Gasteiger partial charge is 0.225 e. The molecular formula is C10H8BrClN2O. The van der Waals surface area contributed by atoms with Gasteiger partial charge in [-0.05, 0) is 25.1 Å². The van der Waals surface area contributed by atoms with Gasteiger partial charge in [-0.3, -0.25) is 0 Å². The molecule has 0 radical (unpaired) electrons. The van der Waals surface area contributed by atoms with Crippen molar-refractivity contribution in [1.82, 2.24) is 5.16 Å². The number of nitrogens with zero attached hydrogens (tertiary/aromatic N) is 1. The number of halogens is 2. The summed E-state index contributed by atoms with van der Waals surface area (Å²) in [6, 6.07) is 5.48. The summed E-state index contributed by atoms with van der Waals surface area (Å²) in [7, 11) is 0. The van der Waals surface area contributed by atoms with E-state index in [-0.39, 0.29) is 0 Å². The molecule has 1 aromatic heterocycles. The van der Waals surface area contributed by atoms with Crippen molar-refractivity contribution in [3.05, 3.63) is 33.3 Å². The molecule has 0 aliphatic carbocycles. The van der Waals surface area contributed by atoms with E-state index in [4.69, 9.17) is 21.9 Å². The van der Waals surface area contributed by atoms with Gasteiger partial charge in [-0.1, -0.05) is 32.7 Å². The van der Waals surface area contributed by atoms with E-state index < -0.39 is 0 Å². The number of nitrogens with two attached hydrogens (primary N) is 1. The van der Waals surface area contributed by atoms with Crippen LogP contribution < -0.4 is 5.73 Å². The second kappa shape index (κ2) is 3.87. The number of nitrogen functional groups attached to an aromatic ring is 1. The average Bonchev–Trinajstić information content (AvgIpc) is 2.52. The topological polar surface area (TPSA) is 52.0 Å². The molecule has 0 fully saturated rings. The number of anilines is 1. The molecule has 0 aliphatic rings. The van der Waals surface area contributed by atoms with Crippen LogP contribution in [0.25, 0.3) is 11.3 Å².